The molecule has 0 fully saturated rings. The van der Waals surface area contributed by atoms with Gasteiger partial charge in [-0.3, -0.25) is 0 Å². The molecule has 1 unspecified atom stereocenters. The van der Waals surface area contributed by atoms with Crippen molar-refractivity contribution >= 4 is 0 Å². The predicted molar refractivity (Wildman–Crippen MR) is 74.6 cm³/mol. The van der Waals surface area contributed by atoms with E-state index >= 15 is 0 Å². The summed E-state index contributed by atoms with van der Waals surface area (Å²) in [5.74, 6) is 0.837. The number of aliphatic hydroxyl groups excluding tert-OH is 1. The molecule has 1 rings (SSSR count). The highest BCUT2D eigenvalue weighted by atomic mass is 16.5. The lowest BCUT2D eigenvalue weighted by Gasteiger charge is -2.12. The van der Waals surface area contributed by atoms with Gasteiger partial charge >= 0.3 is 0 Å². The maximum atomic E-state index is 8.73. The highest BCUT2D eigenvalue weighted by Gasteiger charge is 2.05. The zero-order valence-electron chi connectivity index (χ0n) is 11.1. The fraction of sp³-hybridized carbons (Fsp3) is 0.467. The Kier molecular flexibility index (Phi) is 6.47. The Morgan fingerprint density at radius 2 is 2.00 bits per heavy atom. The van der Waals surface area contributed by atoms with E-state index in [9.17, 15) is 0 Å². The summed E-state index contributed by atoms with van der Waals surface area (Å²) in [5, 5.41) is 8.73. The Balaban J connectivity index is 2.45. The second kappa shape index (κ2) is 7.90. The second-order valence-corrected chi connectivity index (χ2v) is 4.64. The van der Waals surface area contributed by atoms with Crippen LogP contribution in [0, 0.1) is 0 Å². The highest BCUT2D eigenvalue weighted by Crippen LogP contribution is 2.20. The SMILES string of the molecule is C=C(C)COc1ccc(C(N)CCCCO)cc1. The topological polar surface area (TPSA) is 55.5 Å². The van der Waals surface area contributed by atoms with Crippen molar-refractivity contribution in [3.8, 4) is 5.75 Å². The first-order chi connectivity index (χ1) is 8.63. The molecule has 1 atom stereocenters. The minimum absolute atomic E-state index is 0.0340. The van der Waals surface area contributed by atoms with Gasteiger partial charge in [0.1, 0.15) is 12.4 Å². The Morgan fingerprint density at radius 1 is 1.33 bits per heavy atom. The first-order valence-corrected chi connectivity index (χ1v) is 6.37. The molecule has 1 aromatic carbocycles. The molecule has 0 aliphatic rings. The van der Waals surface area contributed by atoms with Crippen LogP contribution in [0.25, 0.3) is 0 Å². The molecule has 0 radical (unpaired) electrons. The molecule has 0 aliphatic carbocycles. The molecule has 3 nitrogen and oxygen atoms in total. The third kappa shape index (κ3) is 5.34. The van der Waals surface area contributed by atoms with Gasteiger partial charge in [-0.15, -0.1) is 0 Å². The molecular weight excluding hydrogens is 226 g/mol. The lowest BCUT2D eigenvalue weighted by Crippen LogP contribution is -2.10. The van der Waals surface area contributed by atoms with Gasteiger partial charge in [0.25, 0.3) is 0 Å². The van der Waals surface area contributed by atoms with E-state index in [0.29, 0.717) is 6.61 Å². The number of rotatable bonds is 8. The fourth-order valence-corrected chi connectivity index (χ4v) is 1.66. The maximum Gasteiger partial charge on any atom is 0.119 e. The van der Waals surface area contributed by atoms with Crippen molar-refractivity contribution in [2.24, 2.45) is 5.73 Å². The van der Waals surface area contributed by atoms with Crippen molar-refractivity contribution in [1.82, 2.24) is 0 Å². The summed E-state index contributed by atoms with van der Waals surface area (Å²) in [6.07, 6.45) is 2.66. The standard InChI is InChI=1S/C15H23NO2/c1-12(2)11-18-14-8-6-13(7-9-14)15(16)5-3-4-10-17/h6-9,15,17H,1,3-5,10-11,16H2,2H3. The predicted octanol–water partition coefficient (Wildman–Crippen LogP) is 2.80. The van der Waals surface area contributed by atoms with Crippen molar-refractivity contribution in [2.45, 2.75) is 32.2 Å². The van der Waals surface area contributed by atoms with Gasteiger partial charge in [0.15, 0.2) is 0 Å². The van der Waals surface area contributed by atoms with E-state index in [-0.39, 0.29) is 12.6 Å². The van der Waals surface area contributed by atoms with E-state index in [0.717, 1.165) is 36.1 Å². The van der Waals surface area contributed by atoms with E-state index in [1.807, 2.05) is 31.2 Å². The van der Waals surface area contributed by atoms with Crippen molar-refractivity contribution in [3.63, 3.8) is 0 Å². The van der Waals surface area contributed by atoms with Gasteiger partial charge in [-0.2, -0.15) is 0 Å². The van der Waals surface area contributed by atoms with Gasteiger partial charge in [-0.25, -0.2) is 0 Å². The van der Waals surface area contributed by atoms with Crippen LogP contribution < -0.4 is 10.5 Å². The molecule has 100 valence electrons. The van der Waals surface area contributed by atoms with Crippen LogP contribution in [0.3, 0.4) is 0 Å². The van der Waals surface area contributed by atoms with Crippen molar-refractivity contribution in [3.05, 3.63) is 42.0 Å². The Hall–Kier alpha value is -1.32. The van der Waals surface area contributed by atoms with Crippen LogP contribution >= 0.6 is 0 Å². The molecule has 0 amide bonds. The molecule has 0 heterocycles. The van der Waals surface area contributed by atoms with Crippen LogP contribution in [-0.2, 0) is 0 Å². The first-order valence-electron chi connectivity index (χ1n) is 6.37. The smallest absolute Gasteiger partial charge is 0.119 e. The van der Waals surface area contributed by atoms with Crippen LogP contribution in [0.15, 0.2) is 36.4 Å². The van der Waals surface area contributed by atoms with Crippen LogP contribution in [0.2, 0.25) is 0 Å². The number of unbranched alkanes of at least 4 members (excludes halogenated alkanes) is 1. The van der Waals surface area contributed by atoms with Gasteiger partial charge in [-0.05, 0) is 49.5 Å². The monoisotopic (exact) mass is 249 g/mol. The van der Waals surface area contributed by atoms with Gasteiger partial charge < -0.3 is 15.6 Å². The zero-order chi connectivity index (χ0) is 13.4. The van der Waals surface area contributed by atoms with Crippen molar-refractivity contribution in [1.29, 1.82) is 0 Å². The van der Waals surface area contributed by atoms with Crippen LogP contribution in [0.5, 0.6) is 5.75 Å². The zero-order valence-corrected chi connectivity index (χ0v) is 11.1. The van der Waals surface area contributed by atoms with Gasteiger partial charge in [0.05, 0.1) is 0 Å². The molecule has 3 heteroatoms. The molecule has 0 spiro atoms. The van der Waals surface area contributed by atoms with E-state index in [2.05, 4.69) is 6.58 Å². The number of ether oxygens (including phenoxy) is 1. The summed E-state index contributed by atoms with van der Waals surface area (Å²) >= 11 is 0. The van der Waals surface area contributed by atoms with E-state index in [1.54, 1.807) is 0 Å². The van der Waals surface area contributed by atoms with E-state index < -0.39 is 0 Å². The third-order valence-corrected chi connectivity index (χ3v) is 2.72. The molecule has 18 heavy (non-hydrogen) atoms. The number of nitrogens with two attached hydrogens (primary N) is 1. The Labute approximate surface area is 109 Å². The summed E-state index contributed by atoms with van der Waals surface area (Å²) in [4.78, 5) is 0. The lowest BCUT2D eigenvalue weighted by atomic mass is 10.0. The summed E-state index contributed by atoms with van der Waals surface area (Å²) < 4.78 is 5.53. The molecule has 0 bridgehead atoms. The summed E-state index contributed by atoms with van der Waals surface area (Å²) in [5.41, 5.74) is 8.18. The Bertz CT molecular complexity index is 359. The van der Waals surface area contributed by atoms with Gasteiger partial charge in [-0.1, -0.05) is 18.7 Å². The second-order valence-electron chi connectivity index (χ2n) is 4.64. The summed E-state index contributed by atoms with van der Waals surface area (Å²) in [6, 6.07) is 7.90. The number of hydrogen-bond acceptors (Lipinski definition) is 3. The first kappa shape index (κ1) is 14.7. The highest BCUT2D eigenvalue weighted by molar-refractivity contribution is 5.29. The molecule has 1 aromatic rings. The Morgan fingerprint density at radius 3 is 2.56 bits per heavy atom. The average Bonchev–Trinajstić information content (AvgIpc) is 2.37. The van der Waals surface area contributed by atoms with Gasteiger partial charge in [0.2, 0.25) is 0 Å². The van der Waals surface area contributed by atoms with Crippen LogP contribution in [0.1, 0.15) is 37.8 Å². The largest absolute Gasteiger partial charge is 0.489 e. The molecule has 0 saturated heterocycles. The van der Waals surface area contributed by atoms with Crippen molar-refractivity contribution < 1.29 is 9.84 Å². The minimum atomic E-state index is 0.0340. The summed E-state index contributed by atoms with van der Waals surface area (Å²) in [7, 11) is 0. The molecular formula is C15H23NO2. The van der Waals surface area contributed by atoms with Crippen molar-refractivity contribution in [2.75, 3.05) is 13.2 Å². The molecule has 0 saturated carbocycles. The maximum absolute atomic E-state index is 8.73. The van der Waals surface area contributed by atoms with Crippen LogP contribution in [-0.4, -0.2) is 18.3 Å². The minimum Gasteiger partial charge on any atom is -0.489 e. The normalized spacial score (nSPS) is 12.2. The lowest BCUT2D eigenvalue weighted by molar-refractivity contribution is 0.281. The quantitative estimate of drug-likeness (QED) is 0.550. The molecule has 0 aliphatic heterocycles. The van der Waals surface area contributed by atoms with Gasteiger partial charge in [0, 0.05) is 12.6 Å². The average molecular weight is 249 g/mol. The molecule has 0 aromatic heterocycles. The number of hydrogen-bond donors (Lipinski definition) is 2. The number of benzene rings is 1. The number of aliphatic hydroxyl groups is 1. The molecule has 3 N–H and O–H groups in total. The van der Waals surface area contributed by atoms with E-state index in [1.165, 1.54) is 0 Å². The van der Waals surface area contributed by atoms with Crippen LogP contribution in [0.4, 0.5) is 0 Å². The van der Waals surface area contributed by atoms with E-state index in [4.69, 9.17) is 15.6 Å². The third-order valence-electron chi connectivity index (χ3n) is 2.72. The fourth-order valence-electron chi connectivity index (χ4n) is 1.66. The summed E-state index contributed by atoms with van der Waals surface area (Å²) in [6.45, 7) is 6.51.